The lowest BCUT2D eigenvalue weighted by molar-refractivity contribution is -0.154. The standard InChI is InChI=1S/C21H22F3N7O2/c1-12(2)15-6-8-18(33-10-21(22,23)24)31-19(15)27-20(29-31)26-14-5-7-16(17(9-14)32-4)30-11-25-13(3)28-30/h5-9,11-12H,10H2,1-4H3,(H,26,29). The molecule has 0 atom stereocenters. The van der Waals surface area contributed by atoms with Crippen LogP contribution in [0.4, 0.5) is 24.8 Å². The van der Waals surface area contributed by atoms with E-state index in [2.05, 4.69) is 25.5 Å². The summed E-state index contributed by atoms with van der Waals surface area (Å²) < 4.78 is 51.3. The number of aromatic nitrogens is 6. The molecule has 0 saturated heterocycles. The van der Waals surface area contributed by atoms with E-state index in [0.29, 0.717) is 28.6 Å². The van der Waals surface area contributed by atoms with Crippen LogP contribution >= 0.6 is 0 Å². The minimum absolute atomic E-state index is 0.0539. The first kappa shape index (κ1) is 22.4. The van der Waals surface area contributed by atoms with Crippen molar-refractivity contribution in [3.8, 4) is 17.3 Å². The molecule has 0 radical (unpaired) electrons. The molecule has 0 unspecified atom stereocenters. The van der Waals surface area contributed by atoms with Crippen molar-refractivity contribution in [1.29, 1.82) is 0 Å². The molecular formula is C21H22F3N7O2. The summed E-state index contributed by atoms with van der Waals surface area (Å²) in [5.74, 6) is 1.38. The lowest BCUT2D eigenvalue weighted by Crippen LogP contribution is -2.20. The maximum Gasteiger partial charge on any atom is 0.422 e. The van der Waals surface area contributed by atoms with Crippen molar-refractivity contribution in [3.63, 3.8) is 0 Å². The van der Waals surface area contributed by atoms with Gasteiger partial charge in [0, 0.05) is 17.8 Å². The number of rotatable bonds is 7. The van der Waals surface area contributed by atoms with Gasteiger partial charge in [0.05, 0.1) is 7.11 Å². The van der Waals surface area contributed by atoms with Crippen LogP contribution in [0.5, 0.6) is 11.6 Å². The molecule has 3 aromatic heterocycles. The molecule has 1 N–H and O–H groups in total. The van der Waals surface area contributed by atoms with Gasteiger partial charge in [-0.25, -0.2) is 9.67 Å². The molecule has 0 amide bonds. The number of fused-ring (bicyclic) bond motifs is 1. The normalized spacial score (nSPS) is 11.9. The van der Waals surface area contributed by atoms with Crippen LogP contribution in [0.25, 0.3) is 11.3 Å². The predicted molar refractivity (Wildman–Crippen MR) is 115 cm³/mol. The summed E-state index contributed by atoms with van der Waals surface area (Å²) in [4.78, 5) is 8.60. The third kappa shape index (κ3) is 4.83. The summed E-state index contributed by atoms with van der Waals surface area (Å²) in [6, 6.07) is 8.47. The van der Waals surface area contributed by atoms with Gasteiger partial charge >= 0.3 is 6.18 Å². The molecule has 0 fully saturated rings. The van der Waals surface area contributed by atoms with E-state index in [9.17, 15) is 13.2 Å². The second-order valence-corrected chi connectivity index (χ2v) is 7.60. The van der Waals surface area contributed by atoms with E-state index in [-0.39, 0.29) is 17.7 Å². The number of aryl methyl sites for hydroxylation is 1. The van der Waals surface area contributed by atoms with E-state index in [0.717, 1.165) is 5.56 Å². The van der Waals surface area contributed by atoms with Gasteiger partial charge in [-0.15, -0.1) is 5.10 Å². The van der Waals surface area contributed by atoms with Gasteiger partial charge in [0.15, 0.2) is 12.3 Å². The minimum atomic E-state index is -4.47. The maximum atomic E-state index is 12.7. The van der Waals surface area contributed by atoms with Crippen LogP contribution in [0.2, 0.25) is 0 Å². The highest BCUT2D eigenvalue weighted by Crippen LogP contribution is 2.30. The van der Waals surface area contributed by atoms with Crippen LogP contribution in [-0.2, 0) is 0 Å². The van der Waals surface area contributed by atoms with E-state index < -0.39 is 12.8 Å². The van der Waals surface area contributed by atoms with Crippen molar-refractivity contribution >= 4 is 17.3 Å². The SMILES string of the molecule is COc1cc(Nc2nc3c(C(C)C)ccc(OCC(F)(F)F)n3n2)ccc1-n1cnc(C)n1. The Bertz CT molecular complexity index is 1280. The average Bonchev–Trinajstić information content (AvgIpc) is 3.37. The molecule has 174 valence electrons. The smallest absolute Gasteiger partial charge is 0.422 e. The van der Waals surface area contributed by atoms with E-state index in [1.165, 1.54) is 17.7 Å². The number of nitrogens with zero attached hydrogens (tertiary/aromatic N) is 6. The summed E-state index contributed by atoms with van der Waals surface area (Å²) in [7, 11) is 1.54. The van der Waals surface area contributed by atoms with Crippen molar-refractivity contribution in [1.82, 2.24) is 29.4 Å². The van der Waals surface area contributed by atoms with Crippen LogP contribution in [-0.4, -0.2) is 49.3 Å². The van der Waals surface area contributed by atoms with Gasteiger partial charge in [0.1, 0.15) is 23.6 Å². The zero-order valence-corrected chi connectivity index (χ0v) is 18.4. The fourth-order valence-electron chi connectivity index (χ4n) is 3.26. The molecule has 4 rings (SSSR count). The maximum absolute atomic E-state index is 12.7. The number of hydrogen-bond acceptors (Lipinski definition) is 7. The second-order valence-electron chi connectivity index (χ2n) is 7.60. The fraction of sp³-hybridized carbons (Fsp3) is 0.333. The third-order valence-electron chi connectivity index (χ3n) is 4.77. The summed E-state index contributed by atoms with van der Waals surface area (Å²) >= 11 is 0. The molecule has 9 nitrogen and oxygen atoms in total. The van der Waals surface area contributed by atoms with E-state index in [4.69, 9.17) is 9.47 Å². The first-order chi connectivity index (χ1) is 15.6. The number of nitrogens with one attached hydrogen (secondary N) is 1. The quantitative estimate of drug-likeness (QED) is 0.435. The summed E-state index contributed by atoms with van der Waals surface area (Å²) in [6.07, 6.45) is -2.88. The molecule has 0 aliphatic rings. The Morgan fingerprint density at radius 2 is 1.91 bits per heavy atom. The Hall–Kier alpha value is -3.83. The summed E-state index contributed by atoms with van der Waals surface area (Å²) in [5.41, 5.74) is 2.54. The summed E-state index contributed by atoms with van der Waals surface area (Å²) in [5, 5.41) is 11.7. The van der Waals surface area contributed by atoms with Crippen molar-refractivity contribution in [3.05, 3.63) is 48.0 Å². The van der Waals surface area contributed by atoms with Crippen LogP contribution in [0, 0.1) is 6.92 Å². The first-order valence-electron chi connectivity index (χ1n) is 10.1. The zero-order chi connectivity index (χ0) is 23.8. The van der Waals surface area contributed by atoms with Crippen LogP contribution in [0.15, 0.2) is 36.7 Å². The van der Waals surface area contributed by atoms with Crippen LogP contribution in [0.1, 0.15) is 31.2 Å². The molecule has 33 heavy (non-hydrogen) atoms. The van der Waals surface area contributed by atoms with Gasteiger partial charge in [0.25, 0.3) is 0 Å². The second kappa shape index (κ2) is 8.60. The van der Waals surface area contributed by atoms with Crippen LogP contribution < -0.4 is 14.8 Å². The van der Waals surface area contributed by atoms with Gasteiger partial charge in [0.2, 0.25) is 11.8 Å². The summed E-state index contributed by atoms with van der Waals surface area (Å²) in [6.45, 7) is 4.28. The number of ether oxygens (including phenoxy) is 2. The fourth-order valence-corrected chi connectivity index (χ4v) is 3.26. The van der Waals surface area contributed by atoms with E-state index >= 15 is 0 Å². The lowest BCUT2D eigenvalue weighted by Gasteiger charge is -2.12. The van der Waals surface area contributed by atoms with E-state index in [1.807, 2.05) is 13.8 Å². The van der Waals surface area contributed by atoms with Crippen molar-refractivity contribution in [2.45, 2.75) is 32.9 Å². The van der Waals surface area contributed by atoms with Crippen molar-refractivity contribution in [2.75, 3.05) is 19.0 Å². The molecule has 0 bridgehead atoms. The third-order valence-corrected chi connectivity index (χ3v) is 4.77. The van der Waals surface area contributed by atoms with E-state index in [1.54, 1.807) is 42.2 Å². The number of anilines is 2. The van der Waals surface area contributed by atoms with Gasteiger partial charge in [-0.05, 0) is 36.6 Å². The van der Waals surface area contributed by atoms with Crippen molar-refractivity contribution < 1.29 is 22.6 Å². The largest absolute Gasteiger partial charge is 0.494 e. The highest BCUT2D eigenvalue weighted by Gasteiger charge is 2.29. The number of alkyl halides is 3. The highest BCUT2D eigenvalue weighted by atomic mass is 19.4. The molecule has 3 heterocycles. The van der Waals surface area contributed by atoms with Gasteiger partial charge in [-0.1, -0.05) is 13.8 Å². The predicted octanol–water partition coefficient (Wildman–Crippen LogP) is 4.44. The number of benzene rings is 1. The topological polar surface area (TPSA) is 91.4 Å². The average molecular weight is 461 g/mol. The molecule has 0 aliphatic heterocycles. The lowest BCUT2D eigenvalue weighted by atomic mass is 10.1. The molecule has 1 aromatic carbocycles. The first-order valence-corrected chi connectivity index (χ1v) is 10.1. The molecule has 0 saturated carbocycles. The monoisotopic (exact) mass is 461 g/mol. The molecular weight excluding hydrogens is 439 g/mol. The number of pyridine rings is 1. The molecule has 0 aliphatic carbocycles. The Labute approximate surface area is 187 Å². The zero-order valence-electron chi connectivity index (χ0n) is 18.4. The number of hydrogen-bond donors (Lipinski definition) is 1. The Morgan fingerprint density at radius 1 is 1.12 bits per heavy atom. The Kier molecular flexibility index (Phi) is 5.83. The Balaban J connectivity index is 1.68. The van der Waals surface area contributed by atoms with Crippen LogP contribution in [0.3, 0.4) is 0 Å². The van der Waals surface area contributed by atoms with Crippen molar-refractivity contribution in [2.24, 2.45) is 0 Å². The highest BCUT2D eigenvalue weighted by molar-refractivity contribution is 5.63. The minimum Gasteiger partial charge on any atom is -0.494 e. The van der Waals surface area contributed by atoms with Gasteiger partial charge < -0.3 is 14.8 Å². The van der Waals surface area contributed by atoms with Gasteiger partial charge in [-0.2, -0.15) is 27.8 Å². The Morgan fingerprint density at radius 3 is 2.55 bits per heavy atom. The number of halogens is 3. The van der Waals surface area contributed by atoms with Gasteiger partial charge in [-0.3, -0.25) is 0 Å². The molecule has 0 spiro atoms. The number of methoxy groups -OCH3 is 1. The molecule has 4 aromatic rings. The molecule has 12 heteroatoms.